The molecule has 2 amide bonds. The van der Waals surface area contributed by atoms with Crippen LogP contribution in [0.15, 0.2) is 21.5 Å². The highest BCUT2D eigenvalue weighted by atomic mass is 32.2. The summed E-state index contributed by atoms with van der Waals surface area (Å²) in [6.07, 6.45) is 3.70. The number of hydrogen-bond donors (Lipinski definition) is 2. The van der Waals surface area contributed by atoms with Gasteiger partial charge in [0, 0.05) is 18.5 Å². The van der Waals surface area contributed by atoms with Gasteiger partial charge in [0.15, 0.2) is 9.92 Å². The minimum atomic E-state index is -3.57. The maximum Gasteiger partial charge on any atom is 0.354 e. The van der Waals surface area contributed by atoms with E-state index in [0.717, 1.165) is 41.5 Å². The number of carbonyl (C=O) groups is 1. The second kappa shape index (κ2) is 6.52. The smallest absolute Gasteiger partial charge is 0.354 e. The molecule has 0 bridgehead atoms. The van der Waals surface area contributed by atoms with Gasteiger partial charge < -0.3 is 10.1 Å². The Morgan fingerprint density at radius 2 is 2.17 bits per heavy atom. The lowest BCUT2D eigenvalue weighted by Gasteiger charge is -2.15. The van der Waals surface area contributed by atoms with Crippen molar-refractivity contribution in [1.29, 1.82) is 0 Å². The van der Waals surface area contributed by atoms with Crippen molar-refractivity contribution in [3.8, 4) is 5.88 Å². The van der Waals surface area contributed by atoms with E-state index in [0.29, 0.717) is 18.7 Å². The summed E-state index contributed by atoms with van der Waals surface area (Å²) in [6.45, 7) is 4.21. The first-order valence-electron chi connectivity index (χ1n) is 10.0. The van der Waals surface area contributed by atoms with Gasteiger partial charge in [-0.25, -0.2) is 23.2 Å². The Labute approximate surface area is 174 Å². The summed E-state index contributed by atoms with van der Waals surface area (Å²) in [4.78, 5) is 12.8. The van der Waals surface area contributed by atoms with Crippen molar-refractivity contribution in [3.63, 3.8) is 0 Å². The summed E-state index contributed by atoms with van der Waals surface area (Å²) in [7, 11) is -3.57. The first-order chi connectivity index (χ1) is 14.2. The number of nitrogens with one attached hydrogen (secondary N) is 1. The van der Waals surface area contributed by atoms with E-state index < -0.39 is 27.7 Å². The Balaban J connectivity index is 1.49. The molecule has 0 unspecified atom stereocenters. The molecule has 2 heterocycles. The zero-order valence-corrected chi connectivity index (χ0v) is 17.7. The van der Waals surface area contributed by atoms with Gasteiger partial charge in [-0.05, 0) is 55.4 Å². The molecule has 10 heteroatoms. The number of urea groups is 1. The molecule has 2 atom stereocenters. The highest BCUT2D eigenvalue weighted by molar-refractivity contribution is 7.91. The third-order valence-electron chi connectivity index (χ3n) is 6.06. The predicted octanol–water partition coefficient (Wildman–Crippen LogP) is 2.87. The van der Waals surface area contributed by atoms with Gasteiger partial charge in [0.1, 0.15) is 17.7 Å². The van der Waals surface area contributed by atoms with E-state index in [1.165, 1.54) is 6.20 Å². The van der Waals surface area contributed by atoms with E-state index in [1.54, 1.807) is 4.68 Å². The fourth-order valence-corrected chi connectivity index (χ4v) is 5.63. The van der Waals surface area contributed by atoms with Gasteiger partial charge in [-0.1, -0.05) is 6.07 Å². The number of alkyl halides is 1. The van der Waals surface area contributed by atoms with Crippen molar-refractivity contribution in [2.45, 2.75) is 62.6 Å². The van der Waals surface area contributed by atoms with E-state index in [9.17, 15) is 13.4 Å². The monoisotopic (exact) mass is 433 g/mol. The molecule has 3 aliphatic rings. The lowest BCUT2D eigenvalue weighted by molar-refractivity contribution is 0.259. The Morgan fingerprint density at radius 1 is 1.37 bits per heavy atom. The molecule has 30 heavy (non-hydrogen) atoms. The van der Waals surface area contributed by atoms with E-state index in [4.69, 9.17) is 9.88 Å². The molecule has 160 valence electrons. The lowest BCUT2D eigenvalue weighted by Crippen LogP contribution is -2.26. The largest absolute Gasteiger partial charge is 0.474 e. The summed E-state index contributed by atoms with van der Waals surface area (Å²) in [5, 5.41) is 12.9. The molecule has 0 saturated carbocycles. The predicted molar refractivity (Wildman–Crippen MR) is 110 cm³/mol. The van der Waals surface area contributed by atoms with Crippen LogP contribution in [0.1, 0.15) is 42.5 Å². The van der Waals surface area contributed by atoms with Crippen LogP contribution in [0.3, 0.4) is 0 Å². The minimum Gasteiger partial charge on any atom is -0.474 e. The first kappa shape index (κ1) is 19.5. The Kier molecular flexibility index (Phi) is 4.24. The third kappa shape index (κ3) is 3.01. The standard InChI is InChI=1S/C20H24FN5O3S/c1-20(2)10-29-18-16(9-23-26(18)20)30(22,28)25-19(27)24-17-14-5-3-4-11(14)6-12-7-13(21)8-15(12)17/h6,9,13H,3-5,7-8,10H2,1-2H3,(H3,22,24,25,27,28)/t13-,30-/m0/s1. The maximum absolute atomic E-state index is 14.0. The van der Waals surface area contributed by atoms with E-state index in [-0.39, 0.29) is 17.2 Å². The summed E-state index contributed by atoms with van der Waals surface area (Å²) in [5.41, 5.74) is 4.10. The first-order valence-corrected chi connectivity index (χ1v) is 11.6. The minimum absolute atomic E-state index is 0.0931. The fraction of sp³-hybridized carbons (Fsp3) is 0.500. The van der Waals surface area contributed by atoms with E-state index in [2.05, 4.69) is 20.8 Å². The van der Waals surface area contributed by atoms with Crippen molar-refractivity contribution < 1.29 is 18.1 Å². The van der Waals surface area contributed by atoms with Gasteiger partial charge >= 0.3 is 6.03 Å². The van der Waals surface area contributed by atoms with Crippen molar-refractivity contribution in [2.24, 2.45) is 9.50 Å². The number of nitrogens with two attached hydrogens (primary N) is 1. The Bertz CT molecular complexity index is 1200. The van der Waals surface area contributed by atoms with Crippen LogP contribution in [0.25, 0.3) is 0 Å². The van der Waals surface area contributed by atoms with Crippen LogP contribution in [0.2, 0.25) is 0 Å². The van der Waals surface area contributed by atoms with Crippen molar-refractivity contribution in [3.05, 3.63) is 34.5 Å². The number of ether oxygens (including phenoxy) is 1. The van der Waals surface area contributed by atoms with Crippen LogP contribution >= 0.6 is 0 Å². The molecule has 1 aromatic carbocycles. The molecule has 5 rings (SSSR count). The molecule has 0 spiro atoms. The number of rotatable bonds is 2. The summed E-state index contributed by atoms with van der Waals surface area (Å²) in [5.74, 6) is 0.269. The SMILES string of the molecule is CC1(C)COc2c([S@@](N)(=O)=NC(=O)Nc3c4c(cc5c3C[C@@H](F)C5)CCC4)cnn21. The molecule has 1 aliphatic heterocycles. The number of aryl methyl sites for hydroxylation is 1. The van der Waals surface area contributed by atoms with Crippen molar-refractivity contribution in [1.82, 2.24) is 9.78 Å². The third-order valence-corrected chi connectivity index (χ3v) is 7.41. The molecular formula is C20H24FN5O3S. The molecule has 8 nitrogen and oxygen atoms in total. The molecule has 0 fully saturated rings. The number of hydrogen-bond acceptors (Lipinski definition) is 4. The maximum atomic E-state index is 14.0. The van der Waals surface area contributed by atoms with Crippen LogP contribution in [0.4, 0.5) is 14.9 Å². The molecule has 0 radical (unpaired) electrons. The Morgan fingerprint density at radius 3 is 2.97 bits per heavy atom. The average Bonchev–Trinajstić information content (AvgIpc) is 3.39. The highest BCUT2D eigenvalue weighted by Gasteiger charge is 2.37. The van der Waals surface area contributed by atoms with Gasteiger partial charge in [-0.2, -0.15) is 5.10 Å². The zero-order chi connectivity index (χ0) is 21.3. The molecular weight excluding hydrogens is 409 g/mol. The number of nitrogens with zero attached hydrogens (tertiary/aromatic N) is 3. The second-order valence-electron chi connectivity index (χ2n) is 8.80. The molecule has 3 N–H and O–H groups in total. The van der Waals surface area contributed by atoms with Gasteiger partial charge in [0.05, 0.1) is 11.7 Å². The quantitative estimate of drug-likeness (QED) is 0.758. The average molecular weight is 434 g/mol. The summed E-state index contributed by atoms with van der Waals surface area (Å²) in [6, 6.07) is 1.25. The lowest BCUT2D eigenvalue weighted by atomic mass is 9.99. The number of aromatic nitrogens is 2. The summed E-state index contributed by atoms with van der Waals surface area (Å²) < 4.78 is 38.1. The van der Waals surface area contributed by atoms with Crippen molar-refractivity contribution in [2.75, 3.05) is 11.9 Å². The Hall–Kier alpha value is -2.46. The van der Waals surface area contributed by atoms with Crippen LogP contribution in [0, 0.1) is 0 Å². The fourth-order valence-electron chi connectivity index (χ4n) is 4.64. The normalized spacial score (nSPS) is 22.6. The molecule has 0 saturated heterocycles. The topological polar surface area (TPSA) is 112 Å². The van der Waals surface area contributed by atoms with Crippen molar-refractivity contribution >= 4 is 21.6 Å². The van der Waals surface area contributed by atoms with Gasteiger partial charge in [0.2, 0.25) is 5.88 Å². The number of amides is 2. The molecule has 2 aromatic rings. The molecule has 2 aliphatic carbocycles. The number of fused-ring (bicyclic) bond motifs is 3. The van der Waals surface area contributed by atoms with Gasteiger partial charge in [-0.3, -0.25) is 0 Å². The van der Waals surface area contributed by atoms with Crippen LogP contribution in [-0.4, -0.2) is 32.8 Å². The van der Waals surface area contributed by atoms with E-state index >= 15 is 0 Å². The zero-order valence-electron chi connectivity index (χ0n) is 16.9. The second-order valence-corrected chi connectivity index (χ2v) is 10.6. The summed E-state index contributed by atoms with van der Waals surface area (Å²) >= 11 is 0. The van der Waals surface area contributed by atoms with E-state index in [1.807, 2.05) is 13.8 Å². The number of benzene rings is 1. The number of anilines is 1. The molecule has 1 aromatic heterocycles. The van der Waals surface area contributed by atoms with Crippen LogP contribution < -0.4 is 15.2 Å². The van der Waals surface area contributed by atoms with Gasteiger partial charge in [-0.15, -0.1) is 4.36 Å². The van der Waals surface area contributed by atoms with Crippen LogP contribution in [0.5, 0.6) is 5.88 Å². The highest BCUT2D eigenvalue weighted by Crippen LogP contribution is 2.40. The van der Waals surface area contributed by atoms with Gasteiger partial charge in [0.25, 0.3) is 0 Å². The number of halogens is 1. The number of carbonyl (C=O) groups excluding carboxylic acids is 1. The van der Waals surface area contributed by atoms with Crippen LogP contribution in [-0.2, 0) is 41.1 Å².